The van der Waals surface area contributed by atoms with Gasteiger partial charge in [0, 0.05) is 0 Å². The number of hydrogen-bond donors (Lipinski definition) is 0. The molecule has 0 radical (unpaired) electrons. The molecule has 3 aliphatic carbocycles. The first-order chi connectivity index (χ1) is 7.02. The molecule has 15 heavy (non-hydrogen) atoms. The Bertz CT molecular complexity index is 243. The summed E-state index contributed by atoms with van der Waals surface area (Å²) in [4.78, 5) is 0. The van der Waals surface area contributed by atoms with E-state index >= 15 is 0 Å². The van der Waals surface area contributed by atoms with E-state index in [9.17, 15) is 0 Å². The van der Waals surface area contributed by atoms with Crippen molar-refractivity contribution in [2.45, 2.75) is 53.4 Å². The van der Waals surface area contributed by atoms with E-state index in [-0.39, 0.29) is 0 Å². The Morgan fingerprint density at radius 1 is 0.800 bits per heavy atom. The highest BCUT2D eigenvalue weighted by molar-refractivity contribution is 5.13. The highest BCUT2D eigenvalue weighted by atomic mass is 14.7. The third-order valence-corrected chi connectivity index (χ3v) is 5.84. The molecule has 1 spiro atoms. The van der Waals surface area contributed by atoms with Crippen LogP contribution in [0.5, 0.6) is 0 Å². The monoisotopic (exact) mass is 206 g/mol. The van der Waals surface area contributed by atoms with Crippen LogP contribution >= 0.6 is 0 Å². The summed E-state index contributed by atoms with van der Waals surface area (Å²) in [5.74, 6) is 6.39. The van der Waals surface area contributed by atoms with Gasteiger partial charge in [-0.2, -0.15) is 0 Å². The van der Waals surface area contributed by atoms with Gasteiger partial charge in [-0.25, -0.2) is 0 Å². The zero-order chi connectivity index (χ0) is 10.8. The van der Waals surface area contributed by atoms with Gasteiger partial charge >= 0.3 is 0 Å². The molecule has 0 aromatic carbocycles. The van der Waals surface area contributed by atoms with Gasteiger partial charge in [0.25, 0.3) is 0 Å². The molecule has 0 heteroatoms. The van der Waals surface area contributed by atoms with Crippen LogP contribution in [-0.4, -0.2) is 0 Å². The minimum Gasteiger partial charge on any atom is -0.0625 e. The standard InChI is InChI=1S/C15H26/c1-9(2)11-5-15(6-11)7-12-13(8-15)14(12)10(3)4/h9-14H,5-8H2,1-4H3. The van der Waals surface area contributed by atoms with Gasteiger partial charge in [0.1, 0.15) is 0 Å². The predicted octanol–water partition coefficient (Wildman–Crippen LogP) is 4.35. The Morgan fingerprint density at radius 2 is 1.33 bits per heavy atom. The maximum atomic E-state index is 2.42. The van der Waals surface area contributed by atoms with Crippen LogP contribution in [0.3, 0.4) is 0 Å². The molecule has 0 amide bonds. The maximum Gasteiger partial charge on any atom is -0.0286 e. The SMILES string of the molecule is CC(C)C1CC2(C1)CC1C(C2)C1C(C)C. The molecule has 2 atom stereocenters. The van der Waals surface area contributed by atoms with Gasteiger partial charge in [0.15, 0.2) is 0 Å². The van der Waals surface area contributed by atoms with Gasteiger partial charge in [0.2, 0.25) is 0 Å². The minimum absolute atomic E-state index is 0.857. The Kier molecular flexibility index (Phi) is 2.05. The lowest BCUT2D eigenvalue weighted by Crippen LogP contribution is -2.39. The van der Waals surface area contributed by atoms with Crippen LogP contribution in [0.4, 0.5) is 0 Å². The van der Waals surface area contributed by atoms with E-state index in [1.807, 2.05) is 0 Å². The molecule has 3 fully saturated rings. The van der Waals surface area contributed by atoms with Crippen molar-refractivity contribution in [3.05, 3.63) is 0 Å². The molecule has 0 aliphatic heterocycles. The van der Waals surface area contributed by atoms with Crippen molar-refractivity contribution in [1.29, 1.82) is 0 Å². The Labute approximate surface area is 94.8 Å². The quantitative estimate of drug-likeness (QED) is 0.630. The minimum atomic E-state index is 0.857. The summed E-state index contributed by atoms with van der Waals surface area (Å²) in [6.45, 7) is 9.66. The van der Waals surface area contributed by atoms with E-state index in [1.165, 1.54) is 0 Å². The molecule has 0 heterocycles. The van der Waals surface area contributed by atoms with Gasteiger partial charge in [-0.05, 0) is 66.6 Å². The molecular weight excluding hydrogens is 180 g/mol. The van der Waals surface area contributed by atoms with Crippen LogP contribution in [0.25, 0.3) is 0 Å². The lowest BCUT2D eigenvalue weighted by atomic mass is 9.56. The van der Waals surface area contributed by atoms with Crippen LogP contribution in [-0.2, 0) is 0 Å². The van der Waals surface area contributed by atoms with Crippen LogP contribution in [0.15, 0.2) is 0 Å². The Morgan fingerprint density at radius 3 is 1.73 bits per heavy atom. The van der Waals surface area contributed by atoms with Gasteiger partial charge in [0.05, 0.1) is 0 Å². The molecule has 0 aromatic rings. The summed E-state index contributed by atoms with van der Waals surface area (Å²) in [7, 11) is 0. The van der Waals surface area contributed by atoms with Crippen LogP contribution in [0.1, 0.15) is 53.4 Å². The van der Waals surface area contributed by atoms with Gasteiger partial charge in [-0.3, -0.25) is 0 Å². The average molecular weight is 206 g/mol. The van der Waals surface area contributed by atoms with E-state index in [0.29, 0.717) is 0 Å². The first-order valence-electron chi connectivity index (χ1n) is 7.02. The first-order valence-corrected chi connectivity index (χ1v) is 7.02. The summed E-state index contributed by atoms with van der Waals surface area (Å²) in [6.07, 6.45) is 6.35. The van der Waals surface area contributed by atoms with Crippen molar-refractivity contribution in [2.75, 3.05) is 0 Å². The largest absolute Gasteiger partial charge is 0.0625 e. The second-order valence-electron chi connectivity index (χ2n) is 7.47. The third-order valence-electron chi connectivity index (χ3n) is 5.84. The van der Waals surface area contributed by atoms with Crippen molar-refractivity contribution in [3.8, 4) is 0 Å². The smallest absolute Gasteiger partial charge is 0.0286 e. The number of fused-ring (bicyclic) bond motifs is 1. The van der Waals surface area contributed by atoms with Crippen molar-refractivity contribution in [2.24, 2.45) is 40.9 Å². The summed E-state index contributed by atoms with van der Waals surface area (Å²) in [5, 5.41) is 0. The van der Waals surface area contributed by atoms with Crippen molar-refractivity contribution in [3.63, 3.8) is 0 Å². The number of rotatable bonds is 2. The molecule has 2 unspecified atom stereocenters. The van der Waals surface area contributed by atoms with Crippen molar-refractivity contribution < 1.29 is 0 Å². The highest BCUT2D eigenvalue weighted by Crippen LogP contribution is 2.72. The normalized spacial score (nSPS) is 52.4. The van der Waals surface area contributed by atoms with E-state index in [0.717, 1.165) is 40.9 Å². The van der Waals surface area contributed by atoms with E-state index in [2.05, 4.69) is 27.7 Å². The van der Waals surface area contributed by atoms with Crippen LogP contribution in [0.2, 0.25) is 0 Å². The van der Waals surface area contributed by atoms with E-state index in [4.69, 9.17) is 0 Å². The molecule has 3 aliphatic rings. The molecule has 0 aromatic heterocycles. The van der Waals surface area contributed by atoms with Crippen LogP contribution < -0.4 is 0 Å². The lowest BCUT2D eigenvalue weighted by Gasteiger charge is -2.49. The van der Waals surface area contributed by atoms with Crippen LogP contribution in [0, 0.1) is 40.9 Å². The predicted molar refractivity (Wildman–Crippen MR) is 64.5 cm³/mol. The molecule has 86 valence electrons. The maximum absolute atomic E-state index is 2.42. The van der Waals surface area contributed by atoms with Crippen molar-refractivity contribution >= 4 is 0 Å². The zero-order valence-electron chi connectivity index (χ0n) is 10.8. The summed E-state index contributed by atoms with van der Waals surface area (Å²) in [5.41, 5.74) is 0.857. The molecule has 3 rings (SSSR count). The molecule has 0 N–H and O–H groups in total. The number of hydrogen-bond acceptors (Lipinski definition) is 0. The average Bonchev–Trinajstić information content (AvgIpc) is 2.59. The van der Waals surface area contributed by atoms with Gasteiger partial charge in [-0.15, -0.1) is 0 Å². The van der Waals surface area contributed by atoms with E-state index < -0.39 is 0 Å². The van der Waals surface area contributed by atoms with Gasteiger partial charge in [-0.1, -0.05) is 27.7 Å². The Balaban J connectivity index is 1.55. The lowest BCUT2D eigenvalue weighted by molar-refractivity contribution is 0.0140. The second kappa shape index (κ2) is 3.02. The Hall–Kier alpha value is 0. The molecule has 3 saturated carbocycles. The van der Waals surface area contributed by atoms with Gasteiger partial charge < -0.3 is 0 Å². The first kappa shape index (κ1) is 10.2. The van der Waals surface area contributed by atoms with E-state index in [1.54, 1.807) is 25.7 Å². The molecule has 0 nitrogen and oxygen atoms in total. The fraction of sp³-hybridized carbons (Fsp3) is 1.00. The summed E-state index contributed by atoms with van der Waals surface area (Å²) >= 11 is 0. The molecule has 0 bridgehead atoms. The summed E-state index contributed by atoms with van der Waals surface area (Å²) in [6, 6.07) is 0. The third kappa shape index (κ3) is 1.40. The second-order valence-corrected chi connectivity index (χ2v) is 7.47. The highest BCUT2D eigenvalue weighted by Gasteiger charge is 2.64. The molecular formula is C15H26. The fourth-order valence-corrected chi connectivity index (χ4v) is 4.98. The van der Waals surface area contributed by atoms with Crippen molar-refractivity contribution in [1.82, 2.24) is 0 Å². The summed E-state index contributed by atoms with van der Waals surface area (Å²) < 4.78 is 0. The zero-order valence-corrected chi connectivity index (χ0v) is 10.8. The molecule has 0 saturated heterocycles. The fourth-order valence-electron chi connectivity index (χ4n) is 4.98. The topological polar surface area (TPSA) is 0 Å².